The van der Waals surface area contributed by atoms with Crippen LogP contribution in [-0.2, 0) is 6.61 Å². The Labute approximate surface area is 201 Å². The van der Waals surface area contributed by atoms with Gasteiger partial charge in [0.05, 0.1) is 27.3 Å². The molecule has 164 valence electrons. The molecule has 0 fully saturated rings. The number of hydrogen-bond acceptors (Lipinski definition) is 4. The van der Waals surface area contributed by atoms with Crippen LogP contribution in [-0.4, -0.2) is 14.8 Å². The van der Waals surface area contributed by atoms with Crippen molar-refractivity contribution in [2.45, 2.75) is 6.61 Å². The second kappa shape index (κ2) is 8.96. The maximum Gasteiger partial charge on any atom is 0.140 e. The Morgan fingerprint density at radius 2 is 1.38 bits per heavy atom. The Kier molecular flexibility index (Phi) is 5.38. The molecule has 0 amide bonds. The molecule has 6 aromatic rings. The average Bonchev–Trinajstić information content (AvgIpc) is 3.54. The van der Waals surface area contributed by atoms with E-state index in [1.807, 2.05) is 83.5 Å². The highest BCUT2D eigenvalue weighted by molar-refractivity contribution is 7.18. The maximum absolute atomic E-state index is 6.02. The summed E-state index contributed by atoms with van der Waals surface area (Å²) >= 11 is 1.67. The molecule has 0 aliphatic heterocycles. The Morgan fingerprint density at radius 3 is 2.12 bits per heavy atom. The molecule has 0 spiro atoms. The summed E-state index contributed by atoms with van der Waals surface area (Å²) in [6, 6.07) is 39.0. The quantitative estimate of drug-likeness (QED) is 0.261. The van der Waals surface area contributed by atoms with Gasteiger partial charge in [0.15, 0.2) is 0 Å². The van der Waals surface area contributed by atoms with E-state index in [0.717, 1.165) is 44.5 Å². The topological polar surface area (TPSA) is 39.9 Å². The molecule has 0 saturated carbocycles. The number of rotatable bonds is 6. The fraction of sp³-hybridized carbons (Fsp3) is 0.0345. The van der Waals surface area contributed by atoms with Crippen molar-refractivity contribution in [3.8, 4) is 34.0 Å². The Morgan fingerprint density at radius 1 is 0.706 bits per heavy atom. The first kappa shape index (κ1) is 20.4. The first-order valence-corrected chi connectivity index (χ1v) is 11.9. The van der Waals surface area contributed by atoms with Gasteiger partial charge in [0.1, 0.15) is 17.4 Å². The fourth-order valence-electron chi connectivity index (χ4n) is 3.95. The smallest absolute Gasteiger partial charge is 0.140 e. The molecule has 0 radical (unpaired) electrons. The summed E-state index contributed by atoms with van der Waals surface area (Å²) in [7, 11) is 0. The van der Waals surface area contributed by atoms with Gasteiger partial charge in [-0.05, 0) is 42.5 Å². The van der Waals surface area contributed by atoms with Crippen molar-refractivity contribution in [1.29, 1.82) is 0 Å². The third-order valence-electron chi connectivity index (χ3n) is 5.63. The van der Waals surface area contributed by atoms with Gasteiger partial charge in [-0.25, -0.2) is 9.67 Å². The number of thiazole rings is 1. The van der Waals surface area contributed by atoms with Crippen LogP contribution in [0.1, 0.15) is 5.01 Å². The third-order valence-corrected chi connectivity index (χ3v) is 6.64. The predicted octanol–water partition coefficient (Wildman–Crippen LogP) is 7.40. The molecule has 0 bridgehead atoms. The minimum Gasteiger partial charge on any atom is -0.486 e. The highest BCUT2D eigenvalue weighted by Gasteiger charge is 2.13. The summed E-state index contributed by atoms with van der Waals surface area (Å²) in [5.74, 6) is 0.805. The number of nitrogens with zero attached hydrogens (tertiary/aromatic N) is 3. The monoisotopic (exact) mass is 459 g/mol. The molecule has 5 heteroatoms. The molecule has 6 rings (SSSR count). The summed E-state index contributed by atoms with van der Waals surface area (Å²) in [6.07, 6.45) is 0. The van der Waals surface area contributed by atoms with E-state index < -0.39 is 0 Å². The maximum atomic E-state index is 6.02. The van der Waals surface area contributed by atoms with Crippen molar-refractivity contribution < 1.29 is 4.74 Å². The Bertz CT molecular complexity index is 1500. The Hall–Kier alpha value is -4.22. The second-order valence-electron chi connectivity index (χ2n) is 7.92. The summed E-state index contributed by atoms with van der Waals surface area (Å²) < 4.78 is 9.19. The lowest BCUT2D eigenvalue weighted by Crippen LogP contribution is -2.00. The van der Waals surface area contributed by atoms with Gasteiger partial charge in [0, 0.05) is 11.1 Å². The zero-order valence-corrected chi connectivity index (χ0v) is 19.2. The fourth-order valence-corrected chi connectivity index (χ4v) is 4.83. The van der Waals surface area contributed by atoms with Gasteiger partial charge in [0.25, 0.3) is 0 Å². The third kappa shape index (κ3) is 4.09. The minimum absolute atomic E-state index is 0.452. The SMILES string of the molecule is c1ccc(-c2cc(-c3ccccc3)n(-c3ccc(OCc4nc5ccccc5s4)cc3)n2)cc1. The molecule has 0 aliphatic carbocycles. The zero-order valence-electron chi connectivity index (χ0n) is 18.3. The van der Waals surface area contributed by atoms with Crippen molar-refractivity contribution in [1.82, 2.24) is 14.8 Å². The van der Waals surface area contributed by atoms with E-state index in [1.54, 1.807) is 11.3 Å². The molecular formula is C29H21N3OS. The summed E-state index contributed by atoms with van der Waals surface area (Å²) in [5, 5.41) is 5.91. The molecule has 0 aliphatic rings. The highest BCUT2D eigenvalue weighted by atomic mass is 32.1. The molecule has 0 N–H and O–H groups in total. The minimum atomic E-state index is 0.452. The lowest BCUT2D eigenvalue weighted by Gasteiger charge is -2.09. The number of para-hydroxylation sites is 1. The van der Waals surface area contributed by atoms with Gasteiger partial charge in [0.2, 0.25) is 0 Å². The van der Waals surface area contributed by atoms with Crippen LogP contribution < -0.4 is 4.74 Å². The van der Waals surface area contributed by atoms with Crippen LogP contribution in [0, 0.1) is 0 Å². The molecular weight excluding hydrogens is 438 g/mol. The van der Waals surface area contributed by atoms with Gasteiger partial charge < -0.3 is 4.74 Å². The predicted molar refractivity (Wildman–Crippen MR) is 138 cm³/mol. The summed E-state index contributed by atoms with van der Waals surface area (Å²) in [6.45, 7) is 0.452. The molecule has 4 aromatic carbocycles. The molecule has 0 atom stereocenters. The van der Waals surface area contributed by atoms with E-state index in [1.165, 1.54) is 4.70 Å². The lowest BCUT2D eigenvalue weighted by atomic mass is 10.1. The normalized spacial score (nSPS) is 11.1. The van der Waals surface area contributed by atoms with Crippen molar-refractivity contribution in [3.05, 3.63) is 120 Å². The summed E-state index contributed by atoms with van der Waals surface area (Å²) in [5.41, 5.74) is 6.19. The van der Waals surface area contributed by atoms with E-state index in [2.05, 4.69) is 41.4 Å². The highest BCUT2D eigenvalue weighted by Crippen LogP contribution is 2.29. The van der Waals surface area contributed by atoms with E-state index in [-0.39, 0.29) is 0 Å². The first-order chi connectivity index (χ1) is 16.8. The molecule has 2 aromatic heterocycles. The molecule has 2 heterocycles. The number of aromatic nitrogens is 3. The summed E-state index contributed by atoms with van der Waals surface area (Å²) in [4.78, 5) is 4.65. The Balaban J connectivity index is 1.28. The van der Waals surface area contributed by atoms with Crippen molar-refractivity contribution in [2.24, 2.45) is 0 Å². The lowest BCUT2D eigenvalue weighted by molar-refractivity contribution is 0.306. The van der Waals surface area contributed by atoms with Gasteiger partial charge in [-0.2, -0.15) is 5.10 Å². The second-order valence-corrected chi connectivity index (χ2v) is 9.03. The van der Waals surface area contributed by atoms with Crippen LogP contribution >= 0.6 is 11.3 Å². The van der Waals surface area contributed by atoms with Crippen LogP contribution in [0.15, 0.2) is 115 Å². The number of ether oxygens (including phenoxy) is 1. The standard InChI is InChI=1S/C29H21N3OS/c1-3-9-21(10-4-1)26-19-27(22-11-5-2-6-12-22)32(31-26)23-15-17-24(18-16-23)33-20-29-30-25-13-7-8-14-28(25)34-29/h1-19H,20H2. The largest absolute Gasteiger partial charge is 0.486 e. The van der Waals surface area contributed by atoms with Crippen molar-refractivity contribution in [2.75, 3.05) is 0 Å². The van der Waals surface area contributed by atoms with Crippen LogP contribution in [0.4, 0.5) is 0 Å². The van der Waals surface area contributed by atoms with Crippen molar-refractivity contribution in [3.63, 3.8) is 0 Å². The molecule has 0 unspecified atom stereocenters. The van der Waals surface area contributed by atoms with E-state index in [9.17, 15) is 0 Å². The molecule has 34 heavy (non-hydrogen) atoms. The molecule has 4 nitrogen and oxygen atoms in total. The van der Waals surface area contributed by atoms with Crippen LogP contribution in [0.2, 0.25) is 0 Å². The van der Waals surface area contributed by atoms with E-state index in [4.69, 9.17) is 9.84 Å². The molecule has 0 saturated heterocycles. The van der Waals surface area contributed by atoms with Crippen LogP contribution in [0.25, 0.3) is 38.4 Å². The number of benzene rings is 4. The average molecular weight is 460 g/mol. The van der Waals surface area contributed by atoms with Crippen LogP contribution in [0.5, 0.6) is 5.75 Å². The number of hydrogen-bond donors (Lipinski definition) is 0. The number of fused-ring (bicyclic) bond motifs is 1. The zero-order chi connectivity index (χ0) is 22.7. The van der Waals surface area contributed by atoms with Gasteiger partial charge in [-0.3, -0.25) is 0 Å². The van der Waals surface area contributed by atoms with Gasteiger partial charge in [-0.1, -0.05) is 72.8 Å². The van der Waals surface area contributed by atoms with E-state index >= 15 is 0 Å². The van der Waals surface area contributed by atoms with Gasteiger partial charge >= 0.3 is 0 Å². The van der Waals surface area contributed by atoms with E-state index in [0.29, 0.717) is 6.61 Å². The van der Waals surface area contributed by atoms with Crippen LogP contribution in [0.3, 0.4) is 0 Å². The first-order valence-electron chi connectivity index (χ1n) is 11.1. The van der Waals surface area contributed by atoms with Crippen molar-refractivity contribution >= 4 is 21.6 Å². The van der Waals surface area contributed by atoms with Gasteiger partial charge in [-0.15, -0.1) is 11.3 Å².